The van der Waals surface area contributed by atoms with Crippen LogP contribution in [0.3, 0.4) is 0 Å². The third-order valence-electron chi connectivity index (χ3n) is 4.11. The molecule has 0 saturated carbocycles. The summed E-state index contributed by atoms with van der Waals surface area (Å²) in [4.78, 5) is 0.308. The minimum atomic E-state index is -3.59. The second kappa shape index (κ2) is 6.45. The highest BCUT2D eigenvalue weighted by Crippen LogP contribution is 2.24. The van der Waals surface area contributed by atoms with Gasteiger partial charge < -0.3 is 0 Å². The molecule has 23 heavy (non-hydrogen) atoms. The molecule has 2 aromatic rings. The Morgan fingerprint density at radius 2 is 1.78 bits per heavy atom. The Bertz CT molecular complexity index is 804. The van der Waals surface area contributed by atoms with Crippen LogP contribution in [0.4, 0.5) is 0 Å². The second-order valence-corrected chi connectivity index (χ2v) is 7.52. The normalized spacial score (nSPS) is 12.3. The summed E-state index contributed by atoms with van der Waals surface area (Å²) in [5, 5.41) is 8.62. The van der Waals surface area contributed by atoms with Gasteiger partial charge in [-0.25, -0.2) is 8.42 Å². The van der Waals surface area contributed by atoms with Gasteiger partial charge in [-0.05, 0) is 27.7 Å². The van der Waals surface area contributed by atoms with Crippen molar-refractivity contribution in [2.75, 3.05) is 6.54 Å². The average molecular weight is 339 g/mol. The third-order valence-corrected chi connectivity index (χ3v) is 6.29. The van der Waals surface area contributed by atoms with Crippen LogP contribution in [0.1, 0.15) is 36.5 Å². The Morgan fingerprint density at radius 1 is 1.13 bits per heavy atom. The average Bonchev–Trinajstić information content (AvgIpc) is 2.96. The largest absolute Gasteiger partial charge is 0.272 e. The lowest BCUT2D eigenvalue weighted by atomic mass is 10.2. The minimum absolute atomic E-state index is 0.308. The van der Waals surface area contributed by atoms with E-state index >= 15 is 0 Å². The molecule has 7 nitrogen and oxygen atoms in total. The molecule has 0 N–H and O–H groups in total. The molecule has 0 atom stereocenters. The molecule has 0 aliphatic heterocycles. The van der Waals surface area contributed by atoms with E-state index in [1.54, 1.807) is 25.6 Å². The Hall–Kier alpha value is -1.67. The van der Waals surface area contributed by atoms with E-state index in [4.69, 9.17) is 0 Å². The van der Waals surface area contributed by atoms with Crippen LogP contribution in [-0.2, 0) is 30.2 Å². The molecular formula is C15H25N5O2S. The standard InChI is InChI=1S/C15H25N5O2S/c1-7-19-9-14(11(3)17-19)10-20(8-2)23(21,22)15-12(4)16-18(6)13(15)5/h9H,7-8,10H2,1-6H3. The number of rotatable bonds is 6. The maximum atomic E-state index is 13.1. The summed E-state index contributed by atoms with van der Waals surface area (Å²) in [6.07, 6.45) is 1.91. The lowest BCUT2D eigenvalue weighted by molar-refractivity contribution is 0.422. The third kappa shape index (κ3) is 3.18. The van der Waals surface area contributed by atoms with Crippen LogP contribution in [0, 0.1) is 20.8 Å². The van der Waals surface area contributed by atoms with Crippen molar-refractivity contribution in [3.63, 3.8) is 0 Å². The fourth-order valence-corrected chi connectivity index (χ4v) is 4.52. The molecule has 0 aromatic carbocycles. The Morgan fingerprint density at radius 3 is 2.22 bits per heavy atom. The first-order chi connectivity index (χ1) is 10.7. The van der Waals surface area contributed by atoms with Gasteiger partial charge in [0.15, 0.2) is 0 Å². The molecule has 0 amide bonds. The van der Waals surface area contributed by atoms with Gasteiger partial charge >= 0.3 is 0 Å². The highest BCUT2D eigenvalue weighted by atomic mass is 32.2. The molecule has 0 saturated heterocycles. The summed E-state index contributed by atoms with van der Waals surface area (Å²) < 4.78 is 31.0. The van der Waals surface area contributed by atoms with Gasteiger partial charge in [0.25, 0.3) is 0 Å². The highest BCUT2D eigenvalue weighted by Gasteiger charge is 2.30. The number of hydrogen-bond acceptors (Lipinski definition) is 4. The number of hydrogen-bond donors (Lipinski definition) is 0. The van der Waals surface area contributed by atoms with Gasteiger partial charge in [0, 0.05) is 38.4 Å². The summed E-state index contributed by atoms with van der Waals surface area (Å²) in [6, 6.07) is 0. The van der Waals surface area contributed by atoms with Crippen molar-refractivity contribution >= 4 is 10.0 Å². The van der Waals surface area contributed by atoms with Crippen molar-refractivity contribution in [3.05, 3.63) is 28.8 Å². The second-order valence-electron chi connectivity index (χ2n) is 5.65. The van der Waals surface area contributed by atoms with E-state index in [0.29, 0.717) is 29.4 Å². The molecule has 0 aliphatic carbocycles. The summed E-state index contributed by atoms with van der Waals surface area (Å²) in [7, 11) is -1.83. The number of sulfonamides is 1. The molecule has 0 fully saturated rings. The summed E-state index contributed by atoms with van der Waals surface area (Å²) in [5.74, 6) is 0. The van der Waals surface area contributed by atoms with Crippen molar-refractivity contribution in [1.29, 1.82) is 0 Å². The summed E-state index contributed by atoms with van der Waals surface area (Å²) in [5.41, 5.74) is 2.97. The molecule has 128 valence electrons. The van der Waals surface area contributed by atoms with Gasteiger partial charge in [0.05, 0.1) is 17.1 Å². The molecule has 2 heterocycles. The van der Waals surface area contributed by atoms with Crippen molar-refractivity contribution in [2.24, 2.45) is 7.05 Å². The van der Waals surface area contributed by atoms with E-state index < -0.39 is 10.0 Å². The van der Waals surface area contributed by atoms with E-state index in [1.165, 1.54) is 4.31 Å². The zero-order chi connectivity index (χ0) is 17.4. The minimum Gasteiger partial charge on any atom is -0.272 e. The maximum Gasteiger partial charge on any atom is 0.247 e. The molecular weight excluding hydrogens is 314 g/mol. The lowest BCUT2D eigenvalue weighted by Crippen LogP contribution is -2.31. The van der Waals surface area contributed by atoms with Gasteiger partial charge in [-0.2, -0.15) is 14.5 Å². The predicted molar refractivity (Wildman–Crippen MR) is 88.6 cm³/mol. The molecule has 0 aliphatic rings. The lowest BCUT2D eigenvalue weighted by Gasteiger charge is -2.20. The molecule has 0 radical (unpaired) electrons. The van der Waals surface area contributed by atoms with E-state index in [9.17, 15) is 8.42 Å². The van der Waals surface area contributed by atoms with Crippen molar-refractivity contribution in [1.82, 2.24) is 23.9 Å². The maximum absolute atomic E-state index is 13.1. The molecule has 0 unspecified atom stereocenters. The molecule has 2 aromatic heterocycles. The van der Waals surface area contributed by atoms with Crippen LogP contribution in [0.2, 0.25) is 0 Å². The van der Waals surface area contributed by atoms with Crippen LogP contribution in [-0.4, -0.2) is 38.8 Å². The van der Waals surface area contributed by atoms with E-state index in [1.807, 2.05) is 31.6 Å². The fourth-order valence-electron chi connectivity index (χ4n) is 2.69. The van der Waals surface area contributed by atoms with Crippen molar-refractivity contribution < 1.29 is 8.42 Å². The fraction of sp³-hybridized carbons (Fsp3) is 0.600. The molecule has 2 rings (SSSR count). The first-order valence-corrected chi connectivity index (χ1v) is 9.19. The Balaban J connectivity index is 2.41. The first kappa shape index (κ1) is 17.7. The van der Waals surface area contributed by atoms with Gasteiger partial charge in [0.2, 0.25) is 10.0 Å². The SMILES string of the molecule is CCN(Cc1cn(CC)nc1C)S(=O)(=O)c1c(C)nn(C)c1C. The Labute approximate surface area is 138 Å². The van der Waals surface area contributed by atoms with Crippen LogP contribution in [0.25, 0.3) is 0 Å². The monoisotopic (exact) mass is 339 g/mol. The number of nitrogens with zero attached hydrogens (tertiary/aromatic N) is 5. The van der Waals surface area contributed by atoms with E-state index in [-0.39, 0.29) is 0 Å². The summed E-state index contributed by atoms with van der Waals surface area (Å²) in [6.45, 7) is 10.7. The smallest absolute Gasteiger partial charge is 0.247 e. The topological polar surface area (TPSA) is 73.0 Å². The number of aromatic nitrogens is 4. The van der Waals surface area contributed by atoms with E-state index in [2.05, 4.69) is 10.2 Å². The van der Waals surface area contributed by atoms with Gasteiger partial charge in [-0.1, -0.05) is 6.92 Å². The van der Waals surface area contributed by atoms with Crippen LogP contribution < -0.4 is 0 Å². The zero-order valence-electron chi connectivity index (χ0n) is 14.7. The quantitative estimate of drug-likeness (QED) is 0.804. The van der Waals surface area contributed by atoms with Crippen molar-refractivity contribution in [2.45, 2.75) is 52.6 Å². The zero-order valence-corrected chi connectivity index (χ0v) is 15.5. The van der Waals surface area contributed by atoms with Crippen LogP contribution >= 0.6 is 0 Å². The van der Waals surface area contributed by atoms with E-state index in [0.717, 1.165) is 17.8 Å². The van der Waals surface area contributed by atoms with Gasteiger partial charge in [-0.3, -0.25) is 9.36 Å². The number of aryl methyl sites for hydroxylation is 4. The van der Waals surface area contributed by atoms with Gasteiger partial charge in [-0.15, -0.1) is 0 Å². The highest BCUT2D eigenvalue weighted by molar-refractivity contribution is 7.89. The Kier molecular flexibility index (Phi) is 4.95. The van der Waals surface area contributed by atoms with Crippen LogP contribution in [0.15, 0.2) is 11.1 Å². The van der Waals surface area contributed by atoms with Crippen molar-refractivity contribution in [3.8, 4) is 0 Å². The van der Waals surface area contributed by atoms with Gasteiger partial charge in [0.1, 0.15) is 4.90 Å². The van der Waals surface area contributed by atoms with Crippen LogP contribution in [0.5, 0.6) is 0 Å². The molecule has 0 bridgehead atoms. The molecule has 8 heteroatoms. The molecule has 0 spiro atoms. The summed E-state index contributed by atoms with van der Waals surface area (Å²) >= 11 is 0. The predicted octanol–water partition coefficient (Wildman–Crippen LogP) is 1.77. The first-order valence-electron chi connectivity index (χ1n) is 7.75.